The van der Waals surface area contributed by atoms with Crippen molar-refractivity contribution >= 4 is 23.6 Å². The zero-order valence-electron chi connectivity index (χ0n) is 20.2. The molecule has 0 saturated carbocycles. The Bertz CT molecular complexity index is 824. The fraction of sp³-hybridized carbons (Fsp3) is 0.565. The topological polar surface area (TPSA) is 92.8 Å². The second-order valence-corrected chi connectivity index (χ2v) is 8.35. The molecular weight excluding hydrogens is 396 g/mol. The van der Waals surface area contributed by atoms with Gasteiger partial charge in [-0.3, -0.25) is 19.0 Å². The number of carboxylic acid groups (broad SMARTS) is 2. The van der Waals surface area contributed by atoms with Crippen LogP contribution in [0.25, 0.3) is 0 Å². The van der Waals surface area contributed by atoms with E-state index in [0.29, 0.717) is 17.6 Å². The van der Waals surface area contributed by atoms with Crippen LogP contribution in [0.1, 0.15) is 54.0 Å². The molecule has 0 N–H and O–H groups in total. The summed E-state index contributed by atoms with van der Waals surface area (Å²) in [6, 6.07) is 5.50. The van der Waals surface area contributed by atoms with Crippen LogP contribution in [0.3, 0.4) is 0 Å². The highest BCUT2D eigenvalue weighted by Crippen LogP contribution is 2.12. The molecule has 31 heavy (non-hydrogen) atoms. The molecule has 172 valence electrons. The first-order valence-electron chi connectivity index (χ1n) is 10.4. The van der Waals surface area contributed by atoms with Crippen molar-refractivity contribution in [2.24, 2.45) is 0 Å². The van der Waals surface area contributed by atoms with E-state index in [1.165, 1.54) is 49.9 Å². The van der Waals surface area contributed by atoms with Gasteiger partial charge in [-0.05, 0) is 26.3 Å². The fourth-order valence-corrected chi connectivity index (χ4v) is 3.59. The van der Waals surface area contributed by atoms with E-state index in [-0.39, 0.29) is 11.1 Å². The Kier molecular flexibility index (Phi) is 9.21. The highest BCUT2D eigenvalue weighted by Gasteiger charge is 2.27. The molecule has 8 nitrogen and oxygen atoms in total. The van der Waals surface area contributed by atoms with Crippen LogP contribution in [0.2, 0.25) is 0 Å². The van der Waals surface area contributed by atoms with Crippen molar-refractivity contribution in [3.63, 3.8) is 0 Å². The highest BCUT2D eigenvalue weighted by molar-refractivity contribution is 6.01. The van der Waals surface area contributed by atoms with E-state index in [1.54, 1.807) is 0 Å². The predicted molar refractivity (Wildman–Crippen MR) is 118 cm³/mol. The molecule has 2 aliphatic rings. The zero-order chi connectivity index (χ0) is 24.0. The van der Waals surface area contributed by atoms with Crippen molar-refractivity contribution < 1.29 is 29.0 Å². The first-order valence-corrected chi connectivity index (χ1v) is 10.4. The number of benzene rings is 1. The van der Waals surface area contributed by atoms with Gasteiger partial charge in [0.05, 0.1) is 40.1 Å². The second kappa shape index (κ2) is 10.9. The van der Waals surface area contributed by atoms with Gasteiger partial charge in [-0.15, -0.1) is 0 Å². The lowest BCUT2D eigenvalue weighted by molar-refractivity contribution is -0.523. The lowest BCUT2D eigenvalue weighted by Crippen LogP contribution is -2.30. The van der Waals surface area contributed by atoms with Crippen molar-refractivity contribution in [3.8, 4) is 0 Å². The highest BCUT2D eigenvalue weighted by atomic mass is 16.4. The number of carbonyl (C=O) groups excluding carboxylic acids is 2. The molecule has 0 saturated heterocycles. The van der Waals surface area contributed by atoms with Crippen LogP contribution in [0, 0.1) is 6.92 Å². The monoisotopic (exact) mass is 432 g/mol. The third-order valence-corrected chi connectivity index (χ3v) is 6.22. The molecule has 1 aromatic rings. The number of aryl methyl sites for hydroxylation is 1. The van der Waals surface area contributed by atoms with Gasteiger partial charge in [0.1, 0.15) is 25.2 Å². The Morgan fingerprint density at radius 1 is 0.871 bits per heavy atom. The largest absolute Gasteiger partial charge is 0.545 e. The molecule has 3 rings (SSSR count). The molecule has 0 aliphatic carbocycles. The average Bonchev–Trinajstić information content (AvgIpc) is 3.05. The standard InChI is InChI=1S/C9H8O4.2C7H15N2/c1-5-3-2-4-6(8(10)11)7(5)9(12)13;2*1-6-5-8(3)7(2)9(6)4/h2-4H,1H3,(H,10,11)(H,12,13);2*6H,5H2,1-4H3/q;2*+1/p-2. The molecule has 2 atom stereocenters. The number of amidine groups is 2. The summed E-state index contributed by atoms with van der Waals surface area (Å²) in [5.74, 6) is -0.259. The van der Waals surface area contributed by atoms with Crippen LogP contribution in [0.5, 0.6) is 0 Å². The molecule has 2 unspecified atom stereocenters. The number of carboxylic acids is 2. The molecule has 0 spiro atoms. The number of carbonyl (C=O) groups is 2. The second-order valence-electron chi connectivity index (χ2n) is 8.35. The summed E-state index contributed by atoms with van der Waals surface area (Å²) in [4.78, 5) is 25.6. The Balaban J connectivity index is 0.000000239. The maximum absolute atomic E-state index is 10.5. The number of likely N-dealkylation sites (N-methyl/N-ethyl adjacent to an activating group) is 4. The Morgan fingerprint density at radius 2 is 1.29 bits per heavy atom. The van der Waals surface area contributed by atoms with E-state index < -0.39 is 11.9 Å². The zero-order valence-corrected chi connectivity index (χ0v) is 20.2. The minimum absolute atomic E-state index is 0.317. The molecule has 0 bridgehead atoms. The molecule has 0 amide bonds. The maximum atomic E-state index is 10.5. The van der Waals surface area contributed by atoms with Gasteiger partial charge in [-0.25, -0.2) is 0 Å². The quantitative estimate of drug-likeness (QED) is 0.584. The average molecular weight is 433 g/mol. The molecule has 8 heteroatoms. The minimum Gasteiger partial charge on any atom is -0.545 e. The number of hydrogen-bond acceptors (Lipinski definition) is 6. The molecule has 2 aliphatic heterocycles. The van der Waals surface area contributed by atoms with Crippen LogP contribution < -0.4 is 10.2 Å². The van der Waals surface area contributed by atoms with Gasteiger partial charge in [0, 0.05) is 25.0 Å². The van der Waals surface area contributed by atoms with Gasteiger partial charge < -0.3 is 19.8 Å². The maximum Gasteiger partial charge on any atom is 0.243 e. The van der Waals surface area contributed by atoms with E-state index in [4.69, 9.17) is 0 Å². The first kappa shape index (κ1) is 26.1. The van der Waals surface area contributed by atoms with Crippen LogP contribution in [0.4, 0.5) is 0 Å². The van der Waals surface area contributed by atoms with Crippen LogP contribution >= 0.6 is 0 Å². The summed E-state index contributed by atoms with van der Waals surface area (Å²) >= 11 is 0. The van der Waals surface area contributed by atoms with Gasteiger partial charge in [0.25, 0.3) is 0 Å². The van der Waals surface area contributed by atoms with Crippen molar-refractivity contribution in [3.05, 3.63) is 34.9 Å². The normalized spacial score (nSPS) is 20.3. The van der Waals surface area contributed by atoms with Crippen LogP contribution in [-0.2, 0) is 0 Å². The Hall–Kier alpha value is -2.90. The minimum atomic E-state index is -1.51. The molecule has 0 fully saturated rings. The number of rotatable bonds is 2. The summed E-state index contributed by atoms with van der Waals surface area (Å²) in [6.07, 6.45) is 0. The van der Waals surface area contributed by atoms with Gasteiger partial charge in [0.2, 0.25) is 11.7 Å². The van der Waals surface area contributed by atoms with Gasteiger partial charge in [-0.1, -0.05) is 18.2 Å². The molecule has 0 radical (unpaired) electrons. The summed E-state index contributed by atoms with van der Waals surface area (Å²) in [6.45, 7) is 12.6. The van der Waals surface area contributed by atoms with E-state index in [9.17, 15) is 19.8 Å². The van der Waals surface area contributed by atoms with E-state index in [0.717, 1.165) is 0 Å². The molecular formula is C23H36N4O4. The van der Waals surface area contributed by atoms with Gasteiger partial charge in [0.15, 0.2) is 0 Å². The van der Waals surface area contributed by atoms with Crippen molar-refractivity contribution in [2.75, 3.05) is 41.3 Å². The summed E-state index contributed by atoms with van der Waals surface area (Å²) in [5.41, 5.74) is -0.316. The van der Waals surface area contributed by atoms with E-state index in [1.807, 2.05) is 0 Å². The van der Waals surface area contributed by atoms with Crippen LogP contribution in [0.15, 0.2) is 18.2 Å². The lowest BCUT2D eigenvalue weighted by atomic mass is 10.0. The van der Waals surface area contributed by atoms with E-state index >= 15 is 0 Å². The Morgan fingerprint density at radius 3 is 1.48 bits per heavy atom. The fourth-order valence-electron chi connectivity index (χ4n) is 3.59. The smallest absolute Gasteiger partial charge is 0.243 e. The van der Waals surface area contributed by atoms with E-state index in [2.05, 4.69) is 74.8 Å². The summed E-state index contributed by atoms with van der Waals surface area (Å²) < 4.78 is 4.61. The number of hydrogen-bond donors (Lipinski definition) is 0. The lowest BCUT2D eigenvalue weighted by Gasteiger charge is -2.13. The van der Waals surface area contributed by atoms with Crippen molar-refractivity contribution in [1.29, 1.82) is 0 Å². The Labute approximate surface area is 185 Å². The van der Waals surface area contributed by atoms with Crippen molar-refractivity contribution in [1.82, 2.24) is 9.80 Å². The van der Waals surface area contributed by atoms with Crippen LogP contribution in [-0.4, -0.2) is 95.9 Å². The van der Waals surface area contributed by atoms with Gasteiger partial charge in [-0.2, -0.15) is 0 Å². The predicted octanol–water partition coefficient (Wildman–Crippen LogP) is -0.516. The van der Waals surface area contributed by atoms with Gasteiger partial charge >= 0.3 is 0 Å². The number of aromatic carboxylic acids is 2. The number of nitrogens with zero attached hydrogens (tertiary/aromatic N) is 4. The third-order valence-electron chi connectivity index (χ3n) is 6.22. The SMILES string of the molecule is CC1=[N+](C)C(C)CN1C.CC1=[N+](C)C(C)CN1C.Cc1cccc(C(=O)[O-])c1C(=O)[O-]. The summed E-state index contributed by atoms with van der Waals surface area (Å²) in [5, 5.41) is 21.0. The molecule has 0 aromatic heterocycles. The summed E-state index contributed by atoms with van der Waals surface area (Å²) in [7, 11) is 8.55. The van der Waals surface area contributed by atoms with Crippen molar-refractivity contribution in [2.45, 2.75) is 46.7 Å². The first-order chi connectivity index (χ1) is 14.3. The third kappa shape index (κ3) is 6.54. The molecule has 1 aromatic carbocycles. The molecule has 2 heterocycles.